The molecule has 4 aromatic rings. The van der Waals surface area contributed by atoms with Crippen molar-refractivity contribution < 1.29 is 32.6 Å². The average molecular weight is 581 g/mol. The highest BCUT2D eigenvalue weighted by atomic mass is 32.1. The maximum atomic E-state index is 14.1. The standard InChI is InChI=1S/C30H29FN2O7S/c1-5-7-8-13-39-21-11-9-17(14-22(21)37-4)24-23-25(34)19-15-18(31)10-12-20(19)40-26(23)28(35)33(24)30-32-16(3)27(41-30)29(36)38-6-2/h9-12,14-15,24H,5-8,13H2,1-4H3. The maximum Gasteiger partial charge on any atom is 0.350 e. The Morgan fingerprint density at radius 2 is 1.93 bits per heavy atom. The zero-order chi connectivity index (χ0) is 29.3. The van der Waals surface area contributed by atoms with Gasteiger partial charge in [-0.25, -0.2) is 14.2 Å². The van der Waals surface area contributed by atoms with Crippen molar-refractivity contribution in [2.24, 2.45) is 0 Å². The number of carbonyl (C=O) groups excluding carboxylic acids is 2. The van der Waals surface area contributed by atoms with Crippen molar-refractivity contribution in [3.63, 3.8) is 0 Å². The number of aromatic nitrogens is 1. The molecule has 5 rings (SSSR count). The van der Waals surface area contributed by atoms with Crippen molar-refractivity contribution in [1.82, 2.24) is 4.98 Å². The Balaban J connectivity index is 1.67. The fourth-order valence-corrected chi connectivity index (χ4v) is 5.82. The van der Waals surface area contributed by atoms with Crippen LogP contribution in [0.1, 0.15) is 76.2 Å². The number of rotatable bonds is 10. The first-order chi connectivity index (χ1) is 19.8. The van der Waals surface area contributed by atoms with Crippen LogP contribution < -0.4 is 19.8 Å². The number of aryl methyl sites for hydroxylation is 1. The van der Waals surface area contributed by atoms with Crippen LogP contribution in [-0.4, -0.2) is 37.2 Å². The van der Waals surface area contributed by atoms with E-state index in [-0.39, 0.29) is 38.9 Å². The van der Waals surface area contributed by atoms with Crippen LogP contribution in [-0.2, 0) is 4.74 Å². The predicted octanol–water partition coefficient (Wildman–Crippen LogP) is 6.20. The molecule has 41 heavy (non-hydrogen) atoms. The number of anilines is 1. The van der Waals surface area contributed by atoms with Gasteiger partial charge in [0.05, 0.1) is 43.0 Å². The second-order valence-electron chi connectivity index (χ2n) is 9.49. The zero-order valence-corrected chi connectivity index (χ0v) is 23.9. The number of hydrogen-bond acceptors (Lipinski definition) is 9. The van der Waals surface area contributed by atoms with E-state index in [1.165, 1.54) is 18.1 Å². The number of nitrogens with zero attached hydrogens (tertiary/aromatic N) is 2. The van der Waals surface area contributed by atoms with Gasteiger partial charge in [0.1, 0.15) is 16.3 Å². The normalized spacial score (nSPS) is 14.4. The van der Waals surface area contributed by atoms with Crippen LogP contribution in [0.25, 0.3) is 11.0 Å². The second kappa shape index (κ2) is 11.7. The summed E-state index contributed by atoms with van der Waals surface area (Å²) >= 11 is 0.979. The first-order valence-corrected chi connectivity index (χ1v) is 14.2. The summed E-state index contributed by atoms with van der Waals surface area (Å²) in [6, 6.07) is 7.72. The predicted molar refractivity (Wildman–Crippen MR) is 152 cm³/mol. The van der Waals surface area contributed by atoms with Gasteiger partial charge in [0.25, 0.3) is 5.91 Å². The van der Waals surface area contributed by atoms with Gasteiger partial charge in [0.2, 0.25) is 5.76 Å². The van der Waals surface area contributed by atoms with Crippen LogP contribution >= 0.6 is 11.3 Å². The lowest BCUT2D eigenvalue weighted by Crippen LogP contribution is -2.29. The fourth-order valence-electron chi connectivity index (χ4n) is 4.84. The summed E-state index contributed by atoms with van der Waals surface area (Å²) < 4.78 is 36.7. The smallest absolute Gasteiger partial charge is 0.350 e. The molecule has 11 heteroatoms. The molecule has 1 amide bonds. The Morgan fingerprint density at radius 3 is 2.66 bits per heavy atom. The molecular weight excluding hydrogens is 551 g/mol. The van der Waals surface area contributed by atoms with Crippen LogP contribution in [0.3, 0.4) is 0 Å². The SMILES string of the molecule is CCCCCOc1ccc(C2c3c(oc4ccc(F)cc4c3=O)C(=O)N2c2nc(C)c(C(=O)OCC)s2)cc1OC. The number of halogens is 1. The molecule has 1 aliphatic heterocycles. The minimum Gasteiger partial charge on any atom is -0.493 e. The van der Waals surface area contributed by atoms with Crippen molar-refractivity contribution in [3.05, 3.63) is 79.9 Å². The van der Waals surface area contributed by atoms with Crippen molar-refractivity contribution in [3.8, 4) is 11.5 Å². The summed E-state index contributed by atoms with van der Waals surface area (Å²) in [6.45, 7) is 6.13. The molecule has 0 saturated carbocycles. The molecule has 0 saturated heterocycles. The first-order valence-electron chi connectivity index (χ1n) is 13.3. The van der Waals surface area contributed by atoms with E-state index in [1.807, 2.05) is 0 Å². The molecule has 1 aliphatic rings. The molecular formula is C30H29FN2O7S. The summed E-state index contributed by atoms with van der Waals surface area (Å²) in [5, 5.41) is 0.189. The Morgan fingerprint density at radius 1 is 1.12 bits per heavy atom. The molecule has 214 valence electrons. The number of methoxy groups -OCH3 is 1. The highest BCUT2D eigenvalue weighted by Crippen LogP contribution is 2.45. The quantitative estimate of drug-likeness (QED) is 0.161. The summed E-state index contributed by atoms with van der Waals surface area (Å²) in [5.74, 6) is -1.02. The Kier molecular flexibility index (Phi) is 8.07. The van der Waals surface area contributed by atoms with Gasteiger partial charge in [-0.2, -0.15) is 0 Å². The molecule has 0 spiro atoms. The van der Waals surface area contributed by atoms with E-state index in [2.05, 4.69) is 11.9 Å². The van der Waals surface area contributed by atoms with Gasteiger partial charge >= 0.3 is 5.97 Å². The molecule has 0 fully saturated rings. The monoisotopic (exact) mass is 580 g/mol. The lowest BCUT2D eigenvalue weighted by molar-refractivity contribution is 0.0531. The third kappa shape index (κ3) is 5.17. The molecule has 0 bridgehead atoms. The van der Waals surface area contributed by atoms with Crippen LogP contribution in [0.4, 0.5) is 9.52 Å². The molecule has 9 nitrogen and oxygen atoms in total. The summed E-state index contributed by atoms with van der Waals surface area (Å²) in [6.07, 6.45) is 2.97. The van der Waals surface area contributed by atoms with Crippen molar-refractivity contribution in [1.29, 1.82) is 0 Å². The molecule has 1 atom stereocenters. The van der Waals surface area contributed by atoms with E-state index >= 15 is 0 Å². The lowest BCUT2D eigenvalue weighted by atomic mass is 9.98. The highest BCUT2D eigenvalue weighted by molar-refractivity contribution is 7.17. The van der Waals surface area contributed by atoms with Crippen LogP contribution in [0.2, 0.25) is 0 Å². The fraction of sp³-hybridized carbons (Fsp3) is 0.333. The molecule has 3 heterocycles. The summed E-state index contributed by atoms with van der Waals surface area (Å²) in [5.41, 5.74) is 0.478. The van der Waals surface area contributed by atoms with Crippen LogP contribution in [0, 0.1) is 12.7 Å². The van der Waals surface area contributed by atoms with Crippen LogP contribution in [0.15, 0.2) is 45.6 Å². The topological polar surface area (TPSA) is 108 Å². The minimum atomic E-state index is -0.995. The number of hydrogen-bond donors (Lipinski definition) is 0. The average Bonchev–Trinajstić information content (AvgIpc) is 3.48. The molecule has 2 aromatic carbocycles. The van der Waals surface area contributed by atoms with Crippen LogP contribution in [0.5, 0.6) is 11.5 Å². The number of unbranched alkanes of at least 4 members (excludes halogenated alkanes) is 2. The van der Waals surface area contributed by atoms with E-state index < -0.39 is 29.2 Å². The van der Waals surface area contributed by atoms with E-state index in [0.29, 0.717) is 29.4 Å². The lowest BCUT2D eigenvalue weighted by Gasteiger charge is -2.23. The summed E-state index contributed by atoms with van der Waals surface area (Å²) in [7, 11) is 1.50. The molecule has 1 unspecified atom stereocenters. The Hall–Kier alpha value is -4.25. The molecule has 0 N–H and O–H groups in total. The Bertz CT molecular complexity index is 1700. The number of benzene rings is 2. The molecule has 0 aliphatic carbocycles. The maximum absolute atomic E-state index is 14.1. The summed E-state index contributed by atoms with van der Waals surface area (Å²) in [4.78, 5) is 46.3. The third-order valence-corrected chi connectivity index (χ3v) is 7.93. The first kappa shape index (κ1) is 28.3. The number of ether oxygens (including phenoxy) is 3. The van der Waals surface area contributed by atoms with Gasteiger partial charge in [-0.1, -0.05) is 37.2 Å². The van der Waals surface area contributed by atoms with Gasteiger partial charge in [0.15, 0.2) is 22.1 Å². The van der Waals surface area contributed by atoms with Gasteiger partial charge in [-0.05, 0) is 56.2 Å². The third-order valence-electron chi connectivity index (χ3n) is 6.79. The van der Waals surface area contributed by atoms with Gasteiger partial charge in [0, 0.05) is 0 Å². The van der Waals surface area contributed by atoms with Gasteiger partial charge < -0.3 is 18.6 Å². The second-order valence-corrected chi connectivity index (χ2v) is 10.5. The van der Waals surface area contributed by atoms with E-state index in [1.54, 1.807) is 32.0 Å². The largest absolute Gasteiger partial charge is 0.493 e. The van der Waals surface area contributed by atoms with Gasteiger partial charge in [-0.15, -0.1) is 0 Å². The highest BCUT2D eigenvalue weighted by Gasteiger charge is 2.45. The molecule has 2 aromatic heterocycles. The van der Waals surface area contributed by atoms with Crippen molar-refractivity contribution >= 4 is 39.3 Å². The van der Waals surface area contributed by atoms with Gasteiger partial charge in [-0.3, -0.25) is 14.5 Å². The van der Waals surface area contributed by atoms with Crippen molar-refractivity contribution in [2.45, 2.75) is 46.1 Å². The van der Waals surface area contributed by atoms with E-state index in [9.17, 15) is 18.8 Å². The number of esters is 1. The number of carbonyl (C=O) groups is 2. The zero-order valence-electron chi connectivity index (χ0n) is 23.1. The van der Waals surface area contributed by atoms with E-state index in [0.717, 1.165) is 42.7 Å². The number of fused-ring (bicyclic) bond motifs is 2. The number of amides is 1. The molecule has 0 radical (unpaired) electrons. The van der Waals surface area contributed by atoms with Crippen molar-refractivity contribution in [2.75, 3.05) is 25.2 Å². The number of thiazole rings is 1. The van der Waals surface area contributed by atoms with E-state index in [4.69, 9.17) is 18.6 Å². The minimum absolute atomic E-state index is 0.00812. The Labute approximate surface area is 239 Å².